The Hall–Kier alpha value is -1.02. The molecule has 1 N–H and O–H groups in total. The van der Waals surface area contributed by atoms with Gasteiger partial charge in [-0.1, -0.05) is 18.2 Å². The lowest BCUT2D eigenvalue weighted by Crippen LogP contribution is -2.35. The second-order valence-corrected chi connectivity index (χ2v) is 3.99. The van der Waals surface area contributed by atoms with Crippen LogP contribution in [0, 0.1) is 0 Å². The summed E-state index contributed by atoms with van der Waals surface area (Å²) in [4.78, 5) is 2.46. The first-order valence-electron chi connectivity index (χ1n) is 5.39. The standard InChI is InChI=1S/C12H18N2/c1-11-10-14(9-5-8-13-11)12-6-3-2-4-7-12/h2-4,6-7,11,13H,5,8-10H2,1H3. The molecule has 1 aromatic rings. The van der Waals surface area contributed by atoms with Crippen molar-refractivity contribution in [3.8, 4) is 0 Å². The number of anilines is 1. The topological polar surface area (TPSA) is 15.3 Å². The molecule has 1 atom stereocenters. The summed E-state index contributed by atoms with van der Waals surface area (Å²) in [7, 11) is 0. The fourth-order valence-corrected chi connectivity index (χ4v) is 1.98. The van der Waals surface area contributed by atoms with Gasteiger partial charge in [0.15, 0.2) is 0 Å². The van der Waals surface area contributed by atoms with E-state index in [0.29, 0.717) is 6.04 Å². The van der Waals surface area contributed by atoms with Gasteiger partial charge in [0.1, 0.15) is 0 Å². The van der Waals surface area contributed by atoms with Crippen LogP contribution in [0.1, 0.15) is 13.3 Å². The van der Waals surface area contributed by atoms with Gasteiger partial charge in [-0.25, -0.2) is 0 Å². The highest BCUT2D eigenvalue weighted by Gasteiger charge is 2.13. The third-order valence-electron chi connectivity index (χ3n) is 2.71. The minimum atomic E-state index is 0.595. The minimum Gasteiger partial charge on any atom is -0.370 e. The van der Waals surface area contributed by atoms with Crippen LogP contribution in [-0.4, -0.2) is 25.7 Å². The first kappa shape index (κ1) is 9.53. The maximum Gasteiger partial charge on any atom is 0.0366 e. The fourth-order valence-electron chi connectivity index (χ4n) is 1.98. The first-order valence-corrected chi connectivity index (χ1v) is 5.39. The summed E-state index contributed by atoms with van der Waals surface area (Å²) >= 11 is 0. The van der Waals surface area contributed by atoms with Gasteiger partial charge in [0, 0.05) is 24.8 Å². The van der Waals surface area contributed by atoms with Crippen LogP contribution in [0.4, 0.5) is 5.69 Å². The summed E-state index contributed by atoms with van der Waals surface area (Å²) in [5, 5.41) is 3.50. The van der Waals surface area contributed by atoms with Crippen molar-refractivity contribution in [2.75, 3.05) is 24.5 Å². The molecule has 1 aliphatic heterocycles. The van der Waals surface area contributed by atoms with Crippen LogP contribution in [-0.2, 0) is 0 Å². The molecule has 1 heterocycles. The van der Waals surface area contributed by atoms with E-state index in [-0.39, 0.29) is 0 Å². The zero-order valence-electron chi connectivity index (χ0n) is 8.74. The predicted octanol–water partition coefficient (Wildman–Crippen LogP) is 1.87. The predicted molar refractivity (Wildman–Crippen MR) is 60.7 cm³/mol. The molecule has 0 radical (unpaired) electrons. The quantitative estimate of drug-likeness (QED) is 0.727. The maximum absolute atomic E-state index is 3.50. The van der Waals surface area contributed by atoms with E-state index in [4.69, 9.17) is 0 Å². The Morgan fingerprint density at radius 2 is 2.07 bits per heavy atom. The second kappa shape index (κ2) is 4.47. The Bertz CT molecular complexity index is 271. The van der Waals surface area contributed by atoms with Crippen LogP contribution < -0.4 is 10.2 Å². The minimum absolute atomic E-state index is 0.595. The van der Waals surface area contributed by atoms with Crippen molar-refractivity contribution in [1.82, 2.24) is 5.32 Å². The summed E-state index contributed by atoms with van der Waals surface area (Å²) in [5.41, 5.74) is 1.35. The third kappa shape index (κ3) is 2.26. The Balaban J connectivity index is 2.09. The van der Waals surface area contributed by atoms with Crippen molar-refractivity contribution in [3.05, 3.63) is 30.3 Å². The lowest BCUT2D eigenvalue weighted by atomic mass is 10.2. The van der Waals surface area contributed by atoms with Gasteiger partial charge < -0.3 is 10.2 Å². The maximum atomic E-state index is 3.50. The fraction of sp³-hybridized carbons (Fsp3) is 0.500. The molecule has 0 bridgehead atoms. The highest BCUT2D eigenvalue weighted by Crippen LogP contribution is 2.15. The second-order valence-electron chi connectivity index (χ2n) is 3.99. The van der Waals surface area contributed by atoms with Crippen LogP contribution >= 0.6 is 0 Å². The summed E-state index contributed by atoms with van der Waals surface area (Å²) in [5.74, 6) is 0. The first-order chi connectivity index (χ1) is 6.86. The van der Waals surface area contributed by atoms with Crippen molar-refractivity contribution in [1.29, 1.82) is 0 Å². The molecule has 2 heteroatoms. The lowest BCUT2D eigenvalue weighted by molar-refractivity contribution is 0.585. The van der Waals surface area contributed by atoms with E-state index >= 15 is 0 Å². The number of hydrogen-bond acceptors (Lipinski definition) is 2. The van der Waals surface area contributed by atoms with E-state index in [0.717, 1.165) is 13.1 Å². The summed E-state index contributed by atoms with van der Waals surface area (Å²) in [6.45, 7) is 5.68. The molecule has 14 heavy (non-hydrogen) atoms. The molecular formula is C12H18N2. The molecule has 1 aliphatic rings. The van der Waals surface area contributed by atoms with Crippen molar-refractivity contribution in [2.45, 2.75) is 19.4 Å². The molecule has 2 nitrogen and oxygen atoms in total. The average molecular weight is 190 g/mol. The summed E-state index contributed by atoms with van der Waals surface area (Å²) in [6.07, 6.45) is 1.24. The number of rotatable bonds is 1. The number of nitrogens with one attached hydrogen (secondary N) is 1. The Morgan fingerprint density at radius 1 is 1.29 bits per heavy atom. The molecule has 1 fully saturated rings. The van der Waals surface area contributed by atoms with E-state index in [1.165, 1.54) is 18.7 Å². The van der Waals surface area contributed by atoms with E-state index in [9.17, 15) is 0 Å². The normalized spacial score (nSPS) is 23.2. The van der Waals surface area contributed by atoms with Crippen molar-refractivity contribution in [3.63, 3.8) is 0 Å². The Kier molecular flexibility index (Phi) is 3.04. The van der Waals surface area contributed by atoms with Crippen LogP contribution in [0.5, 0.6) is 0 Å². The van der Waals surface area contributed by atoms with Gasteiger partial charge in [-0.15, -0.1) is 0 Å². The van der Waals surface area contributed by atoms with E-state index in [2.05, 4.69) is 47.5 Å². The SMILES string of the molecule is CC1CN(c2ccccc2)CCCN1. The van der Waals surface area contributed by atoms with Gasteiger partial charge in [-0.3, -0.25) is 0 Å². The van der Waals surface area contributed by atoms with E-state index in [1.807, 2.05) is 0 Å². The molecule has 76 valence electrons. The Morgan fingerprint density at radius 3 is 2.86 bits per heavy atom. The van der Waals surface area contributed by atoms with Gasteiger partial charge in [0.2, 0.25) is 0 Å². The van der Waals surface area contributed by atoms with Crippen LogP contribution in [0.15, 0.2) is 30.3 Å². The third-order valence-corrected chi connectivity index (χ3v) is 2.71. The van der Waals surface area contributed by atoms with Crippen molar-refractivity contribution < 1.29 is 0 Å². The molecule has 2 rings (SSSR count). The molecule has 1 unspecified atom stereocenters. The van der Waals surface area contributed by atoms with E-state index in [1.54, 1.807) is 0 Å². The van der Waals surface area contributed by atoms with Crippen molar-refractivity contribution >= 4 is 5.69 Å². The van der Waals surface area contributed by atoms with Gasteiger partial charge in [0.05, 0.1) is 0 Å². The average Bonchev–Trinajstić information content (AvgIpc) is 2.44. The van der Waals surface area contributed by atoms with Gasteiger partial charge in [-0.2, -0.15) is 0 Å². The zero-order valence-corrected chi connectivity index (χ0v) is 8.74. The van der Waals surface area contributed by atoms with Gasteiger partial charge >= 0.3 is 0 Å². The lowest BCUT2D eigenvalue weighted by Gasteiger charge is -2.24. The smallest absolute Gasteiger partial charge is 0.0366 e. The molecule has 1 aromatic carbocycles. The van der Waals surface area contributed by atoms with Gasteiger partial charge in [0.25, 0.3) is 0 Å². The molecular weight excluding hydrogens is 172 g/mol. The highest BCUT2D eigenvalue weighted by molar-refractivity contribution is 5.46. The summed E-state index contributed by atoms with van der Waals surface area (Å²) in [6, 6.07) is 11.3. The summed E-state index contributed by atoms with van der Waals surface area (Å²) < 4.78 is 0. The highest BCUT2D eigenvalue weighted by atomic mass is 15.2. The van der Waals surface area contributed by atoms with Crippen LogP contribution in [0.2, 0.25) is 0 Å². The number of benzene rings is 1. The van der Waals surface area contributed by atoms with Gasteiger partial charge in [-0.05, 0) is 32.0 Å². The Labute approximate surface area is 85.9 Å². The number of nitrogens with zero attached hydrogens (tertiary/aromatic N) is 1. The van der Waals surface area contributed by atoms with Crippen LogP contribution in [0.3, 0.4) is 0 Å². The number of hydrogen-bond donors (Lipinski definition) is 1. The van der Waals surface area contributed by atoms with Crippen LogP contribution in [0.25, 0.3) is 0 Å². The monoisotopic (exact) mass is 190 g/mol. The number of para-hydroxylation sites is 1. The molecule has 0 spiro atoms. The molecule has 1 saturated heterocycles. The largest absolute Gasteiger partial charge is 0.370 e. The molecule has 0 aliphatic carbocycles. The molecule has 0 amide bonds. The van der Waals surface area contributed by atoms with E-state index < -0.39 is 0 Å². The molecule has 0 saturated carbocycles. The molecule has 0 aromatic heterocycles. The zero-order chi connectivity index (χ0) is 9.80. The van der Waals surface area contributed by atoms with Crippen molar-refractivity contribution in [2.24, 2.45) is 0 Å².